The molecule has 0 spiro atoms. The van der Waals surface area contributed by atoms with Crippen molar-refractivity contribution >= 4 is 12.6 Å². The lowest BCUT2D eigenvalue weighted by atomic mass is 9.75. The van der Waals surface area contributed by atoms with Gasteiger partial charge in [0.2, 0.25) is 0 Å². The van der Waals surface area contributed by atoms with Gasteiger partial charge < -0.3 is 0 Å². The molecule has 3 aromatic rings. The quantitative estimate of drug-likeness (QED) is 0.484. The molecule has 0 bridgehead atoms. The second-order valence-electron chi connectivity index (χ2n) is 7.03. The van der Waals surface area contributed by atoms with Gasteiger partial charge in [0.25, 0.3) is 0 Å². The minimum Gasteiger partial charge on any atom is -0.286 e. The Balaban J connectivity index is 1.97. The molecule has 0 amide bonds. The lowest BCUT2D eigenvalue weighted by Crippen LogP contribution is -2.51. The fourth-order valence-electron chi connectivity index (χ4n) is 4.29. The Morgan fingerprint density at radius 2 is 0.962 bits per heavy atom. The van der Waals surface area contributed by atoms with Crippen LogP contribution in [0, 0.1) is 0 Å². The predicted molar refractivity (Wildman–Crippen MR) is 113 cm³/mol. The van der Waals surface area contributed by atoms with E-state index in [9.17, 15) is 0 Å². The van der Waals surface area contributed by atoms with E-state index in [1.165, 1.54) is 16.7 Å². The topological polar surface area (TPSA) is 3.24 Å². The third-order valence-corrected chi connectivity index (χ3v) is 6.03. The maximum absolute atomic E-state index is 4.73. The van der Waals surface area contributed by atoms with Crippen LogP contribution in [-0.2, 0) is 5.54 Å². The molecule has 1 aliphatic heterocycles. The number of nitrogens with zero attached hydrogens (tertiary/aromatic N) is 1. The molecule has 0 saturated carbocycles. The Kier molecular flexibility index (Phi) is 5.14. The van der Waals surface area contributed by atoms with Crippen LogP contribution in [0.15, 0.2) is 91.0 Å². The summed E-state index contributed by atoms with van der Waals surface area (Å²) in [6.45, 7) is 2.10. The van der Waals surface area contributed by atoms with E-state index in [0.29, 0.717) is 5.25 Å². The first-order valence-corrected chi connectivity index (χ1v) is 9.93. The Morgan fingerprint density at radius 3 is 1.31 bits per heavy atom. The van der Waals surface area contributed by atoms with Crippen molar-refractivity contribution in [1.29, 1.82) is 0 Å². The largest absolute Gasteiger partial charge is 0.286 e. The van der Waals surface area contributed by atoms with E-state index in [4.69, 9.17) is 12.6 Å². The van der Waals surface area contributed by atoms with Gasteiger partial charge in [-0.15, -0.1) is 0 Å². The minimum atomic E-state index is -0.266. The minimum absolute atomic E-state index is 0.266. The summed E-state index contributed by atoms with van der Waals surface area (Å²) in [7, 11) is 0. The van der Waals surface area contributed by atoms with Gasteiger partial charge >= 0.3 is 0 Å². The van der Waals surface area contributed by atoms with Gasteiger partial charge in [0.15, 0.2) is 0 Å². The van der Waals surface area contributed by atoms with E-state index in [1.54, 1.807) is 0 Å². The lowest BCUT2D eigenvalue weighted by Gasteiger charge is -2.48. The highest BCUT2D eigenvalue weighted by molar-refractivity contribution is 7.80. The third kappa shape index (κ3) is 3.08. The number of rotatable bonds is 4. The van der Waals surface area contributed by atoms with Crippen LogP contribution in [0.25, 0.3) is 0 Å². The van der Waals surface area contributed by atoms with Crippen molar-refractivity contribution in [2.24, 2.45) is 0 Å². The number of likely N-dealkylation sites (tertiary alicyclic amines) is 1. The zero-order valence-corrected chi connectivity index (χ0v) is 15.9. The van der Waals surface area contributed by atoms with Crippen molar-refractivity contribution in [2.45, 2.75) is 23.6 Å². The molecule has 4 rings (SSSR count). The summed E-state index contributed by atoms with van der Waals surface area (Å²) < 4.78 is 0. The van der Waals surface area contributed by atoms with Crippen molar-refractivity contribution in [3.05, 3.63) is 108 Å². The van der Waals surface area contributed by atoms with E-state index < -0.39 is 0 Å². The zero-order valence-electron chi connectivity index (χ0n) is 15.0. The van der Waals surface area contributed by atoms with E-state index >= 15 is 0 Å². The summed E-state index contributed by atoms with van der Waals surface area (Å²) in [5.41, 5.74) is 3.72. The van der Waals surface area contributed by atoms with Crippen LogP contribution in [0.2, 0.25) is 0 Å². The highest BCUT2D eigenvalue weighted by Crippen LogP contribution is 2.43. The van der Waals surface area contributed by atoms with Crippen molar-refractivity contribution < 1.29 is 0 Å². The number of piperidine rings is 1. The number of thiol groups is 1. The Bertz CT molecular complexity index is 712. The van der Waals surface area contributed by atoms with Gasteiger partial charge in [-0.05, 0) is 29.5 Å². The first kappa shape index (κ1) is 17.4. The smallest absolute Gasteiger partial charge is 0.0972 e. The Hall–Kier alpha value is -2.03. The second kappa shape index (κ2) is 7.69. The molecule has 3 aromatic carbocycles. The molecule has 0 atom stereocenters. The summed E-state index contributed by atoms with van der Waals surface area (Å²) in [6, 6.07) is 32.9. The highest BCUT2D eigenvalue weighted by Gasteiger charge is 2.42. The maximum atomic E-state index is 4.73. The fraction of sp³-hybridized carbons (Fsp3) is 0.250. The van der Waals surface area contributed by atoms with Crippen LogP contribution in [0.4, 0.5) is 0 Å². The van der Waals surface area contributed by atoms with Crippen LogP contribution < -0.4 is 0 Å². The van der Waals surface area contributed by atoms with E-state index in [2.05, 4.69) is 95.9 Å². The molecule has 2 heteroatoms. The summed E-state index contributed by atoms with van der Waals surface area (Å²) >= 11 is 4.73. The van der Waals surface area contributed by atoms with Crippen LogP contribution in [-0.4, -0.2) is 23.2 Å². The van der Waals surface area contributed by atoms with Crippen LogP contribution in [0.3, 0.4) is 0 Å². The van der Waals surface area contributed by atoms with Gasteiger partial charge in [-0.2, -0.15) is 12.6 Å². The van der Waals surface area contributed by atoms with Crippen molar-refractivity contribution in [3.8, 4) is 0 Å². The van der Waals surface area contributed by atoms with Crippen LogP contribution >= 0.6 is 12.6 Å². The Labute approximate surface area is 162 Å². The summed E-state index contributed by atoms with van der Waals surface area (Å²) in [4.78, 5) is 2.65. The van der Waals surface area contributed by atoms with E-state index in [-0.39, 0.29) is 5.54 Å². The molecule has 0 aliphatic carbocycles. The molecule has 0 aromatic heterocycles. The van der Waals surface area contributed by atoms with Gasteiger partial charge in [-0.1, -0.05) is 91.0 Å². The molecule has 0 radical (unpaired) electrons. The second-order valence-corrected chi connectivity index (χ2v) is 7.76. The van der Waals surface area contributed by atoms with E-state index in [0.717, 1.165) is 25.9 Å². The Morgan fingerprint density at radius 1 is 0.615 bits per heavy atom. The normalized spacial score (nSPS) is 16.5. The molecule has 0 N–H and O–H groups in total. The highest BCUT2D eigenvalue weighted by atomic mass is 32.1. The number of hydrogen-bond donors (Lipinski definition) is 1. The first-order valence-electron chi connectivity index (χ1n) is 9.41. The molecule has 1 saturated heterocycles. The SMILES string of the molecule is SC1CCN(C(c2ccccc2)(c2ccccc2)c2ccccc2)CC1. The van der Waals surface area contributed by atoms with Crippen molar-refractivity contribution in [1.82, 2.24) is 4.90 Å². The maximum Gasteiger partial charge on any atom is 0.0972 e. The molecule has 0 unspecified atom stereocenters. The molecule has 26 heavy (non-hydrogen) atoms. The third-order valence-electron chi connectivity index (χ3n) is 5.51. The number of benzene rings is 3. The van der Waals surface area contributed by atoms with Gasteiger partial charge in [0, 0.05) is 18.3 Å². The average Bonchev–Trinajstić information content (AvgIpc) is 2.72. The molecule has 1 fully saturated rings. The molecule has 1 nitrogen and oxygen atoms in total. The van der Waals surface area contributed by atoms with Gasteiger partial charge in [-0.3, -0.25) is 4.90 Å². The van der Waals surface area contributed by atoms with Crippen molar-refractivity contribution in [3.63, 3.8) is 0 Å². The van der Waals surface area contributed by atoms with Crippen LogP contribution in [0.5, 0.6) is 0 Å². The van der Waals surface area contributed by atoms with E-state index in [1.807, 2.05) is 0 Å². The summed E-state index contributed by atoms with van der Waals surface area (Å²) in [5, 5.41) is 0.506. The summed E-state index contributed by atoms with van der Waals surface area (Å²) in [6.07, 6.45) is 2.24. The number of hydrogen-bond acceptors (Lipinski definition) is 2. The van der Waals surface area contributed by atoms with Gasteiger partial charge in [0.05, 0.1) is 5.54 Å². The lowest BCUT2D eigenvalue weighted by molar-refractivity contribution is 0.130. The molecular formula is C24H25NS. The average molecular weight is 360 g/mol. The van der Waals surface area contributed by atoms with Gasteiger partial charge in [0.1, 0.15) is 0 Å². The molecule has 1 heterocycles. The first-order chi connectivity index (χ1) is 12.8. The standard InChI is InChI=1S/C24H25NS/c26-23-16-18-25(19-17-23)24(20-10-4-1-5-11-20,21-12-6-2-7-13-21)22-14-8-3-9-15-22/h1-15,23,26H,16-19H2. The van der Waals surface area contributed by atoms with Crippen molar-refractivity contribution in [2.75, 3.05) is 13.1 Å². The molecule has 1 aliphatic rings. The van der Waals surface area contributed by atoms with Gasteiger partial charge in [-0.25, -0.2) is 0 Å². The zero-order chi connectivity index (χ0) is 17.8. The summed E-state index contributed by atoms with van der Waals surface area (Å²) in [5.74, 6) is 0. The monoisotopic (exact) mass is 359 g/mol. The molecule has 132 valence electrons. The van der Waals surface area contributed by atoms with Crippen LogP contribution in [0.1, 0.15) is 29.5 Å². The fourth-order valence-corrected chi connectivity index (χ4v) is 4.52. The predicted octanol–water partition coefficient (Wildman–Crippen LogP) is 5.37. The molecular weight excluding hydrogens is 334 g/mol.